The van der Waals surface area contributed by atoms with Gasteiger partial charge in [0.05, 0.1) is 17.1 Å². The topological polar surface area (TPSA) is 35.5 Å². The van der Waals surface area contributed by atoms with Crippen molar-refractivity contribution in [2.24, 2.45) is 0 Å². The molecule has 0 aromatic heterocycles. The van der Waals surface area contributed by atoms with Gasteiger partial charge in [-0.1, -0.05) is 6.07 Å². The van der Waals surface area contributed by atoms with Crippen LogP contribution >= 0.6 is 22.6 Å². The molecule has 0 fully saturated rings. The average molecular weight is 360 g/mol. The molecule has 1 aromatic carbocycles. The molecule has 1 aromatic rings. The fourth-order valence-electron chi connectivity index (χ4n) is 1.10. The zero-order valence-electron chi connectivity index (χ0n) is 8.68. The summed E-state index contributed by atoms with van der Waals surface area (Å²) in [5, 5.41) is 0. The lowest BCUT2D eigenvalue weighted by Gasteiger charge is -2.11. The number of hydrogen-bond donors (Lipinski definition) is 0. The Kier molecular flexibility index (Phi) is 4.61. The van der Waals surface area contributed by atoms with Crippen LogP contribution in [0, 0.1) is 3.57 Å². The molecule has 0 bridgehead atoms. The first-order chi connectivity index (χ1) is 7.81. The summed E-state index contributed by atoms with van der Waals surface area (Å²) in [5.74, 6) is -0.844. The van der Waals surface area contributed by atoms with Crippen LogP contribution in [0.15, 0.2) is 18.2 Å². The van der Waals surface area contributed by atoms with Crippen molar-refractivity contribution in [2.75, 3.05) is 7.11 Å². The van der Waals surface area contributed by atoms with Gasteiger partial charge in [0.15, 0.2) is 0 Å². The van der Waals surface area contributed by atoms with E-state index in [9.17, 15) is 18.0 Å². The molecule has 0 aliphatic carbocycles. The van der Waals surface area contributed by atoms with Crippen LogP contribution in [0.2, 0.25) is 0 Å². The summed E-state index contributed by atoms with van der Waals surface area (Å²) in [6.07, 6.45) is -4.84. The van der Waals surface area contributed by atoms with Crippen molar-refractivity contribution in [3.8, 4) is 5.75 Å². The molecule has 0 aliphatic heterocycles. The smallest absolute Gasteiger partial charge is 0.469 e. The van der Waals surface area contributed by atoms with Gasteiger partial charge in [0.25, 0.3) is 0 Å². The zero-order valence-corrected chi connectivity index (χ0v) is 10.8. The number of alkyl halides is 3. The molecule has 0 saturated heterocycles. The summed E-state index contributed by atoms with van der Waals surface area (Å²) < 4.78 is 44.8. The summed E-state index contributed by atoms with van der Waals surface area (Å²) in [6, 6.07) is 4.16. The normalized spacial score (nSPS) is 11.1. The number of methoxy groups -OCH3 is 1. The van der Waals surface area contributed by atoms with Crippen LogP contribution in [0.25, 0.3) is 0 Å². The number of rotatable bonds is 3. The third-order valence-electron chi connectivity index (χ3n) is 1.80. The highest BCUT2D eigenvalue weighted by molar-refractivity contribution is 14.1. The van der Waals surface area contributed by atoms with Crippen molar-refractivity contribution in [1.82, 2.24) is 0 Å². The van der Waals surface area contributed by atoms with E-state index in [1.54, 1.807) is 28.7 Å². The SMILES string of the molecule is COC(=O)Cc1ccc(I)c(OC(F)(F)F)c1. The van der Waals surface area contributed by atoms with Crippen molar-refractivity contribution in [1.29, 1.82) is 0 Å². The summed E-state index contributed by atoms with van der Waals surface area (Å²) in [6.45, 7) is 0. The van der Waals surface area contributed by atoms with Crippen LogP contribution in [0.3, 0.4) is 0 Å². The van der Waals surface area contributed by atoms with Crippen LogP contribution in [-0.2, 0) is 16.0 Å². The summed E-state index contributed by atoms with van der Waals surface area (Å²) >= 11 is 1.72. The molecular weight excluding hydrogens is 352 g/mol. The lowest BCUT2D eigenvalue weighted by atomic mass is 10.1. The van der Waals surface area contributed by atoms with Gasteiger partial charge < -0.3 is 9.47 Å². The minimum Gasteiger partial charge on any atom is -0.469 e. The maximum absolute atomic E-state index is 12.1. The monoisotopic (exact) mass is 360 g/mol. The standard InChI is InChI=1S/C10H8F3IO3/c1-16-9(15)5-6-2-3-7(14)8(4-6)17-10(11,12)13/h2-4H,5H2,1H3. The molecule has 1 rings (SSSR count). The van der Waals surface area contributed by atoms with Crippen LogP contribution in [-0.4, -0.2) is 19.4 Å². The lowest BCUT2D eigenvalue weighted by Crippen LogP contribution is -2.18. The third-order valence-corrected chi connectivity index (χ3v) is 2.69. The Morgan fingerprint density at radius 1 is 1.41 bits per heavy atom. The molecule has 0 spiro atoms. The minimum atomic E-state index is -4.75. The number of ether oxygens (including phenoxy) is 2. The Labute approximate surface area is 109 Å². The molecule has 0 saturated carbocycles. The van der Waals surface area contributed by atoms with Gasteiger partial charge in [-0.15, -0.1) is 13.2 Å². The highest BCUT2D eigenvalue weighted by atomic mass is 127. The van der Waals surface area contributed by atoms with E-state index in [0.29, 0.717) is 9.13 Å². The molecule has 7 heteroatoms. The molecule has 0 radical (unpaired) electrons. The van der Waals surface area contributed by atoms with Gasteiger partial charge in [0.2, 0.25) is 0 Å². The van der Waals surface area contributed by atoms with Gasteiger partial charge in [0.1, 0.15) is 5.75 Å². The van der Waals surface area contributed by atoms with E-state index in [-0.39, 0.29) is 12.2 Å². The number of benzene rings is 1. The maximum atomic E-state index is 12.1. The summed E-state index contributed by atoms with van der Waals surface area (Å²) in [5.41, 5.74) is 0.400. The van der Waals surface area contributed by atoms with Gasteiger partial charge in [-0.3, -0.25) is 4.79 Å². The van der Waals surface area contributed by atoms with Crippen LogP contribution in [0.1, 0.15) is 5.56 Å². The van der Waals surface area contributed by atoms with Gasteiger partial charge >= 0.3 is 12.3 Å². The predicted octanol–water partition coefficient (Wildman–Crippen LogP) is 2.91. The maximum Gasteiger partial charge on any atom is 0.573 e. The Morgan fingerprint density at radius 2 is 2.06 bits per heavy atom. The average Bonchev–Trinajstić information content (AvgIpc) is 2.21. The Balaban J connectivity index is 2.90. The minimum absolute atomic E-state index is 0.0956. The second kappa shape index (κ2) is 5.56. The van der Waals surface area contributed by atoms with Gasteiger partial charge in [-0.2, -0.15) is 0 Å². The van der Waals surface area contributed by atoms with Crippen molar-refractivity contribution >= 4 is 28.6 Å². The molecule has 0 unspecified atom stereocenters. The molecule has 94 valence electrons. The van der Waals surface area contributed by atoms with Gasteiger partial charge in [0, 0.05) is 0 Å². The van der Waals surface area contributed by atoms with Gasteiger partial charge in [-0.25, -0.2) is 0 Å². The van der Waals surface area contributed by atoms with Crippen LogP contribution in [0.4, 0.5) is 13.2 Å². The third kappa shape index (κ3) is 4.80. The Morgan fingerprint density at radius 3 is 2.59 bits per heavy atom. The first kappa shape index (κ1) is 14.1. The van der Waals surface area contributed by atoms with E-state index >= 15 is 0 Å². The fourth-order valence-corrected chi connectivity index (χ4v) is 1.55. The number of carbonyl (C=O) groups is 1. The highest BCUT2D eigenvalue weighted by Crippen LogP contribution is 2.28. The largest absolute Gasteiger partial charge is 0.573 e. The van der Waals surface area contributed by atoms with Crippen molar-refractivity contribution in [2.45, 2.75) is 12.8 Å². The van der Waals surface area contributed by atoms with E-state index in [0.717, 1.165) is 0 Å². The molecule has 0 amide bonds. The van der Waals surface area contributed by atoms with Crippen molar-refractivity contribution in [3.63, 3.8) is 0 Å². The number of esters is 1. The van der Waals surface area contributed by atoms with Crippen LogP contribution in [0.5, 0.6) is 5.75 Å². The second-order valence-electron chi connectivity index (χ2n) is 3.07. The van der Waals surface area contributed by atoms with E-state index in [2.05, 4.69) is 9.47 Å². The molecule has 17 heavy (non-hydrogen) atoms. The number of hydrogen-bond acceptors (Lipinski definition) is 3. The van der Waals surface area contributed by atoms with E-state index in [4.69, 9.17) is 0 Å². The van der Waals surface area contributed by atoms with E-state index < -0.39 is 12.3 Å². The zero-order chi connectivity index (χ0) is 13.1. The molecular formula is C10H8F3IO3. The van der Waals surface area contributed by atoms with E-state index in [1.807, 2.05) is 0 Å². The Hall–Kier alpha value is -0.990. The first-order valence-electron chi connectivity index (χ1n) is 4.43. The van der Waals surface area contributed by atoms with E-state index in [1.165, 1.54) is 19.2 Å². The lowest BCUT2D eigenvalue weighted by molar-refractivity contribution is -0.274. The highest BCUT2D eigenvalue weighted by Gasteiger charge is 2.32. The summed E-state index contributed by atoms with van der Waals surface area (Å²) in [7, 11) is 1.21. The van der Waals surface area contributed by atoms with Crippen molar-refractivity contribution < 1.29 is 27.4 Å². The van der Waals surface area contributed by atoms with Crippen molar-refractivity contribution in [3.05, 3.63) is 27.3 Å². The Bertz CT molecular complexity index is 418. The molecule has 0 heterocycles. The van der Waals surface area contributed by atoms with Crippen LogP contribution < -0.4 is 4.74 Å². The molecule has 0 N–H and O–H groups in total. The molecule has 0 aliphatic rings. The molecule has 3 nitrogen and oxygen atoms in total. The quantitative estimate of drug-likeness (QED) is 0.614. The molecule has 0 atom stereocenters. The first-order valence-corrected chi connectivity index (χ1v) is 5.50. The number of halogens is 4. The second-order valence-corrected chi connectivity index (χ2v) is 4.23. The summed E-state index contributed by atoms with van der Waals surface area (Å²) in [4.78, 5) is 11.0. The predicted molar refractivity (Wildman–Crippen MR) is 61.6 cm³/mol. The van der Waals surface area contributed by atoms with Gasteiger partial charge in [-0.05, 0) is 40.3 Å². The number of carbonyl (C=O) groups excluding carboxylic acids is 1. The fraction of sp³-hybridized carbons (Fsp3) is 0.300.